The molecule has 0 spiro atoms. The fraction of sp³-hybridized carbons (Fsp3) is 0.316. The summed E-state index contributed by atoms with van der Waals surface area (Å²) in [6.07, 6.45) is 3.95. The molecule has 0 aromatic carbocycles. The number of aromatic nitrogens is 2. The van der Waals surface area contributed by atoms with Crippen LogP contribution in [0.1, 0.15) is 40.5 Å². The molecular formula is C19H19N3O2S2. The minimum absolute atomic E-state index is 0.130. The van der Waals surface area contributed by atoms with Crippen LogP contribution >= 0.6 is 23.1 Å². The number of ketones is 1. The quantitative estimate of drug-likeness (QED) is 0.473. The number of nitrogens with zero attached hydrogens (tertiary/aromatic N) is 1. The maximum absolute atomic E-state index is 12.9. The number of hydrogen-bond donors (Lipinski definition) is 2. The summed E-state index contributed by atoms with van der Waals surface area (Å²) in [7, 11) is 0. The molecule has 1 aliphatic heterocycles. The third-order valence-electron chi connectivity index (χ3n) is 4.62. The fourth-order valence-electron chi connectivity index (χ4n) is 3.54. The van der Waals surface area contributed by atoms with E-state index in [9.17, 15) is 9.59 Å². The molecular weight excluding hydrogens is 366 g/mol. The van der Waals surface area contributed by atoms with Crippen molar-refractivity contribution in [2.45, 2.75) is 37.3 Å². The second-order valence-corrected chi connectivity index (χ2v) is 8.74. The molecule has 1 aliphatic carbocycles. The highest BCUT2D eigenvalue weighted by molar-refractivity contribution is 7.99. The molecule has 0 saturated carbocycles. The minimum atomic E-state index is -0.331. The van der Waals surface area contributed by atoms with Crippen LogP contribution in [-0.2, 0) is 4.79 Å². The molecule has 2 N–H and O–H groups in total. The normalized spacial score (nSPS) is 19.0. The number of hydrogen-bond acceptors (Lipinski definition) is 6. The van der Waals surface area contributed by atoms with Crippen LogP contribution in [0.4, 0.5) is 5.82 Å². The van der Waals surface area contributed by atoms with Gasteiger partial charge in [0, 0.05) is 33.2 Å². The predicted octanol–water partition coefficient (Wildman–Crippen LogP) is 3.98. The minimum Gasteiger partial charge on any atom is -0.343 e. The Morgan fingerprint density at radius 3 is 2.96 bits per heavy atom. The summed E-state index contributed by atoms with van der Waals surface area (Å²) < 4.78 is 0. The first-order valence-corrected chi connectivity index (χ1v) is 10.4. The number of aromatic amines is 1. The summed E-state index contributed by atoms with van der Waals surface area (Å²) in [5.74, 6) is 1.04. The summed E-state index contributed by atoms with van der Waals surface area (Å²) >= 11 is 3.06. The van der Waals surface area contributed by atoms with Crippen molar-refractivity contribution in [3.05, 3.63) is 61.7 Å². The number of rotatable bonds is 4. The van der Waals surface area contributed by atoms with Crippen molar-refractivity contribution in [1.82, 2.24) is 9.97 Å². The van der Waals surface area contributed by atoms with Gasteiger partial charge in [0.05, 0.1) is 11.5 Å². The molecule has 1 unspecified atom stereocenters. The number of thiophene rings is 1. The molecule has 0 radical (unpaired) electrons. The van der Waals surface area contributed by atoms with Crippen LogP contribution in [0, 0.1) is 6.92 Å². The maximum Gasteiger partial charge on any atom is 0.257 e. The van der Waals surface area contributed by atoms with Gasteiger partial charge in [-0.15, -0.1) is 17.9 Å². The molecule has 134 valence electrons. The van der Waals surface area contributed by atoms with E-state index in [1.807, 2.05) is 19.1 Å². The predicted molar refractivity (Wildman–Crippen MR) is 106 cm³/mol. The highest BCUT2D eigenvalue weighted by Crippen LogP contribution is 2.45. The van der Waals surface area contributed by atoms with Crippen molar-refractivity contribution in [3.63, 3.8) is 0 Å². The van der Waals surface area contributed by atoms with Gasteiger partial charge >= 0.3 is 0 Å². The molecule has 1 atom stereocenters. The molecule has 0 saturated heterocycles. The molecule has 7 heteroatoms. The van der Waals surface area contributed by atoms with Gasteiger partial charge in [0.15, 0.2) is 10.9 Å². The molecule has 0 fully saturated rings. The lowest BCUT2D eigenvalue weighted by molar-refractivity contribution is -0.116. The monoisotopic (exact) mass is 385 g/mol. The van der Waals surface area contributed by atoms with Gasteiger partial charge in [-0.3, -0.25) is 9.59 Å². The summed E-state index contributed by atoms with van der Waals surface area (Å²) in [6.45, 7) is 5.74. The standard InChI is InChI=1S/C19H19N3O2S2/c1-3-9-25-19-21-17-16(18(24)22-19)15(13-8-7-10(2)26-13)14-11(20-17)5-4-6-12(14)23/h3,7-8,15H,1,4-6,9H2,2H3,(H2,20,21,22,24). The Hall–Kier alpha value is -2.12. The number of thioether (sulfide) groups is 1. The highest BCUT2D eigenvalue weighted by Gasteiger charge is 2.38. The lowest BCUT2D eigenvalue weighted by Crippen LogP contribution is -2.32. The van der Waals surface area contributed by atoms with Crippen LogP contribution < -0.4 is 10.9 Å². The number of carbonyl (C=O) groups is 1. The van der Waals surface area contributed by atoms with Gasteiger partial charge < -0.3 is 10.3 Å². The van der Waals surface area contributed by atoms with E-state index in [1.165, 1.54) is 11.8 Å². The molecule has 0 bridgehead atoms. The van der Waals surface area contributed by atoms with Crippen molar-refractivity contribution in [2.24, 2.45) is 0 Å². The number of H-pyrrole nitrogens is 1. The number of fused-ring (bicyclic) bond motifs is 1. The average molecular weight is 386 g/mol. The largest absolute Gasteiger partial charge is 0.343 e. The van der Waals surface area contributed by atoms with E-state index in [4.69, 9.17) is 0 Å². The lowest BCUT2D eigenvalue weighted by atomic mass is 9.79. The second-order valence-electron chi connectivity index (χ2n) is 6.41. The van der Waals surface area contributed by atoms with Crippen molar-refractivity contribution < 1.29 is 4.79 Å². The maximum atomic E-state index is 12.9. The third kappa shape index (κ3) is 2.95. The van der Waals surface area contributed by atoms with Gasteiger partial charge in [0.2, 0.25) is 0 Å². The zero-order chi connectivity index (χ0) is 18.3. The lowest BCUT2D eigenvalue weighted by Gasteiger charge is -2.32. The van der Waals surface area contributed by atoms with Crippen LogP contribution in [-0.4, -0.2) is 21.5 Å². The summed E-state index contributed by atoms with van der Waals surface area (Å²) in [4.78, 5) is 35.3. The van der Waals surface area contributed by atoms with Gasteiger partial charge in [0.25, 0.3) is 5.56 Å². The van der Waals surface area contributed by atoms with Gasteiger partial charge in [-0.2, -0.15) is 0 Å². The van der Waals surface area contributed by atoms with Crippen LogP contribution in [0.3, 0.4) is 0 Å². The van der Waals surface area contributed by atoms with E-state index >= 15 is 0 Å². The van der Waals surface area contributed by atoms with Crippen LogP contribution in [0.2, 0.25) is 0 Å². The summed E-state index contributed by atoms with van der Waals surface area (Å²) in [5, 5.41) is 3.85. The number of Topliss-reactive ketones (excluding diaryl/α,β-unsaturated/α-hetero) is 1. The van der Waals surface area contributed by atoms with Crippen molar-refractivity contribution in [3.8, 4) is 0 Å². The first kappa shape index (κ1) is 17.3. The number of nitrogens with one attached hydrogen (secondary N) is 2. The molecule has 2 aromatic rings. The van der Waals surface area contributed by atoms with E-state index in [-0.39, 0.29) is 17.3 Å². The van der Waals surface area contributed by atoms with Crippen molar-refractivity contribution >= 4 is 34.7 Å². The summed E-state index contributed by atoms with van der Waals surface area (Å²) in [6, 6.07) is 4.05. The number of aryl methyl sites for hydroxylation is 1. The Bertz CT molecular complexity index is 987. The Labute approximate surface area is 159 Å². The Kier molecular flexibility index (Phi) is 4.58. The Morgan fingerprint density at radius 1 is 1.38 bits per heavy atom. The highest BCUT2D eigenvalue weighted by atomic mass is 32.2. The van der Waals surface area contributed by atoms with Crippen molar-refractivity contribution in [1.29, 1.82) is 0 Å². The number of carbonyl (C=O) groups excluding carboxylic acids is 1. The SMILES string of the molecule is C=CCSc1nc2c(c(=O)[nH]1)C(c1ccc(C)s1)C1=C(CCCC1=O)N2. The van der Waals surface area contributed by atoms with Crippen LogP contribution in [0.5, 0.6) is 0 Å². The van der Waals surface area contributed by atoms with E-state index in [1.54, 1.807) is 17.4 Å². The molecule has 2 aromatic heterocycles. The summed E-state index contributed by atoms with van der Waals surface area (Å²) in [5.41, 5.74) is 2.02. The van der Waals surface area contributed by atoms with Crippen molar-refractivity contribution in [2.75, 3.05) is 11.1 Å². The topological polar surface area (TPSA) is 74.8 Å². The van der Waals surface area contributed by atoms with E-state index in [0.29, 0.717) is 28.7 Å². The van der Waals surface area contributed by atoms with E-state index in [0.717, 1.165) is 33.9 Å². The van der Waals surface area contributed by atoms with E-state index < -0.39 is 0 Å². The molecule has 3 heterocycles. The van der Waals surface area contributed by atoms with Crippen LogP contribution in [0.15, 0.2) is 46.0 Å². The molecule has 26 heavy (non-hydrogen) atoms. The zero-order valence-electron chi connectivity index (χ0n) is 14.4. The molecule has 0 amide bonds. The third-order valence-corrected chi connectivity index (χ3v) is 6.55. The molecule has 5 nitrogen and oxygen atoms in total. The van der Waals surface area contributed by atoms with Gasteiger partial charge in [0.1, 0.15) is 5.82 Å². The molecule has 4 rings (SSSR count). The van der Waals surface area contributed by atoms with E-state index in [2.05, 4.69) is 21.9 Å². The second kappa shape index (κ2) is 6.89. The zero-order valence-corrected chi connectivity index (χ0v) is 16.1. The first-order chi connectivity index (χ1) is 12.6. The number of anilines is 1. The Morgan fingerprint density at radius 2 is 2.23 bits per heavy atom. The van der Waals surface area contributed by atoms with Gasteiger partial charge in [-0.05, 0) is 31.9 Å². The van der Waals surface area contributed by atoms with Crippen LogP contribution in [0.25, 0.3) is 0 Å². The van der Waals surface area contributed by atoms with Gasteiger partial charge in [-0.1, -0.05) is 17.8 Å². The van der Waals surface area contributed by atoms with Gasteiger partial charge in [-0.25, -0.2) is 4.98 Å². The number of allylic oxidation sites excluding steroid dienone is 2. The fourth-order valence-corrected chi connectivity index (χ4v) is 5.13. The Balaban J connectivity index is 1.90. The average Bonchev–Trinajstić information content (AvgIpc) is 3.04. The smallest absolute Gasteiger partial charge is 0.257 e. The molecule has 2 aliphatic rings. The first-order valence-electron chi connectivity index (χ1n) is 8.56.